The average Bonchev–Trinajstić information content (AvgIpc) is 3.78. The van der Waals surface area contributed by atoms with Crippen LogP contribution in [0.3, 0.4) is 0 Å². The van der Waals surface area contributed by atoms with Crippen LogP contribution in [0.4, 0.5) is 10.2 Å². The minimum absolute atomic E-state index is 0.0435. The van der Waals surface area contributed by atoms with Crippen molar-refractivity contribution in [3.63, 3.8) is 0 Å². The highest BCUT2D eigenvalue weighted by Gasteiger charge is 2.44. The molecule has 5 atom stereocenters. The molecule has 3 fully saturated rings. The van der Waals surface area contributed by atoms with Gasteiger partial charge in [-0.05, 0) is 61.3 Å². The quantitative estimate of drug-likeness (QED) is 0.248. The van der Waals surface area contributed by atoms with E-state index in [9.17, 15) is 33.1 Å². The molecule has 3 aromatic rings. The van der Waals surface area contributed by atoms with E-state index >= 15 is 0 Å². The second-order valence-electron chi connectivity index (χ2n) is 11.5. The van der Waals surface area contributed by atoms with Crippen LogP contribution in [0.25, 0.3) is 10.1 Å². The standard InChI is InChI=1S/C28H34FN6O6PS/c29-25(42(39,40)41)16-5-8-22-17(13-16)14-23(43-22)27(37)32-20-4-2-1-3-19-6-7-21(35(19)28(20)38)26(36)31-18-10-12-34(15-18)24-9-11-30-33-24/h5,8-9,11,13-14,18-21,25H,1-4,6-7,10,12,15H2,(H,30,33)(H,31,36)(H,32,37)(H2,39,40,41)/t18-,19+,20+,21+,25?/m1/s1. The summed E-state index contributed by atoms with van der Waals surface area (Å²) < 4.78 is 26.2. The molecule has 1 aromatic carbocycles. The molecule has 3 aliphatic rings. The number of aromatic amines is 1. The highest BCUT2D eigenvalue weighted by Crippen LogP contribution is 2.53. The molecule has 2 aromatic heterocycles. The van der Waals surface area contributed by atoms with E-state index in [0.717, 1.165) is 55.8 Å². The minimum Gasteiger partial charge on any atom is -0.355 e. The van der Waals surface area contributed by atoms with E-state index in [1.165, 1.54) is 24.3 Å². The fraction of sp³-hybridized carbons (Fsp3) is 0.500. The first kappa shape index (κ1) is 29.7. The first-order valence-corrected chi connectivity index (χ1v) is 17.0. The molecule has 5 N–H and O–H groups in total. The van der Waals surface area contributed by atoms with Crippen LogP contribution in [-0.2, 0) is 14.2 Å². The second-order valence-corrected chi connectivity index (χ2v) is 14.2. The van der Waals surface area contributed by atoms with Crippen molar-refractivity contribution in [3.8, 4) is 0 Å². The maximum Gasteiger partial charge on any atom is 0.363 e. The minimum atomic E-state index is -4.97. The summed E-state index contributed by atoms with van der Waals surface area (Å²) in [6.07, 6.45) is 6.69. The number of anilines is 1. The van der Waals surface area contributed by atoms with Crippen molar-refractivity contribution in [2.24, 2.45) is 0 Å². The Morgan fingerprint density at radius 2 is 1.91 bits per heavy atom. The molecule has 0 bridgehead atoms. The number of hydrogen-bond donors (Lipinski definition) is 5. The van der Waals surface area contributed by atoms with Crippen LogP contribution in [0.15, 0.2) is 36.5 Å². The van der Waals surface area contributed by atoms with Gasteiger partial charge in [0.2, 0.25) is 17.7 Å². The van der Waals surface area contributed by atoms with Crippen LogP contribution >= 0.6 is 18.9 Å². The zero-order valence-corrected chi connectivity index (χ0v) is 25.0. The van der Waals surface area contributed by atoms with Crippen molar-refractivity contribution in [1.29, 1.82) is 0 Å². The number of aromatic nitrogens is 2. The third kappa shape index (κ3) is 6.19. The number of benzene rings is 1. The Kier molecular flexibility index (Phi) is 8.29. The van der Waals surface area contributed by atoms with Gasteiger partial charge < -0.3 is 30.2 Å². The lowest BCUT2D eigenvalue weighted by atomic mass is 9.99. The van der Waals surface area contributed by atoms with Crippen molar-refractivity contribution < 1.29 is 33.1 Å². The summed E-state index contributed by atoms with van der Waals surface area (Å²) >= 11 is 1.15. The average molecular weight is 633 g/mol. The van der Waals surface area contributed by atoms with Crippen molar-refractivity contribution >= 4 is 52.6 Å². The van der Waals surface area contributed by atoms with Gasteiger partial charge in [-0.15, -0.1) is 11.3 Å². The van der Waals surface area contributed by atoms with Gasteiger partial charge in [-0.1, -0.05) is 18.9 Å². The number of rotatable bonds is 7. The van der Waals surface area contributed by atoms with E-state index in [4.69, 9.17) is 0 Å². The van der Waals surface area contributed by atoms with Gasteiger partial charge in [-0.3, -0.25) is 24.0 Å². The van der Waals surface area contributed by atoms with Crippen LogP contribution in [0, 0.1) is 0 Å². The van der Waals surface area contributed by atoms with Gasteiger partial charge in [0.05, 0.1) is 11.1 Å². The normalized spacial score (nSPS) is 25.3. The third-order valence-electron chi connectivity index (χ3n) is 8.64. The maximum absolute atomic E-state index is 14.2. The van der Waals surface area contributed by atoms with Crippen molar-refractivity contribution in [2.75, 3.05) is 18.0 Å². The summed E-state index contributed by atoms with van der Waals surface area (Å²) in [5.74, 6) is -2.44. The molecule has 0 spiro atoms. The molecule has 1 unspecified atom stereocenters. The van der Waals surface area contributed by atoms with Gasteiger partial charge in [0.1, 0.15) is 17.9 Å². The number of fused-ring (bicyclic) bond motifs is 2. The number of carbonyl (C=O) groups is 3. The first-order valence-electron chi connectivity index (χ1n) is 14.5. The highest BCUT2D eigenvalue weighted by atomic mass is 32.1. The van der Waals surface area contributed by atoms with Gasteiger partial charge in [0.25, 0.3) is 5.91 Å². The number of halogens is 1. The van der Waals surface area contributed by atoms with Crippen LogP contribution in [0.5, 0.6) is 0 Å². The van der Waals surface area contributed by atoms with Crippen LogP contribution in [-0.4, -0.2) is 79.9 Å². The lowest BCUT2D eigenvalue weighted by Crippen LogP contribution is -2.57. The molecule has 3 saturated heterocycles. The van der Waals surface area contributed by atoms with E-state index in [1.807, 2.05) is 6.07 Å². The Labute approximate surface area is 251 Å². The molecule has 6 rings (SSSR count). The number of thiophene rings is 1. The third-order valence-corrected chi connectivity index (χ3v) is 10.6. The van der Waals surface area contributed by atoms with Gasteiger partial charge in [-0.2, -0.15) is 5.10 Å². The fourth-order valence-corrected chi connectivity index (χ4v) is 7.98. The van der Waals surface area contributed by atoms with Gasteiger partial charge >= 0.3 is 7.60 Å². The molecular weight excluding hydrogens is 598 g/mol. The summed E-state index contributed by atoms with van der Waals surface area (Å²) in [5, 5.41) is 13.4. The Balaban J connectivity index is 1.14. The summed E-state index contributed by atoms with van der Waals surface area (Å²) in [6, 6.07) is 6.06. The van der Waals surface area contributed by atoms with Crippen LogP contribution in [0.2, 0.25) is 0 Å². The van der Waals surface area contributed by atoms with E-state index in [-0.39, 0.29) is 29.5 Å². The Morgan fingerprint density at radius 1 is 1.09 bits per heavy atom. The number of hydrogen-bond acceptors (Lipinski definition) is 7. The van der Waals surface area contributed by atoms with Crippen molar-refractivity contribution in [3.05, 3.63) is 47.0 Å². The van der Waals surface area contributed by atoms with Crippen molar-refractivity contribution in [1.82, 2.24) is 25.7 Å². The van der Waals surface area contributed by atoms with Crippen LogP contribution < -0.4 is 15.5 Å². The molecule has 12 nitrogen and oxygen atoms in total. The second kappa shape index (κ2) is 12.0. The Bertz CT molecular complexity index is 1560. The molecule has 0 radical (unpaired) electrons. The number of amides is 3. The lowest BCUT2D eigenvalue weighted by Gasteiger charge is -2.35. The summed E-state index contributed by atoms with van der Waals surface area (Å²) in [7, 11) is -4.97. The molecule has 5 heterocycles. The number of alkyl halides is 1. The summed E-state index contributed by atoms with van der Waals surface area (Å²) in [5.41, 5.74) is -0.170. The number of H-pyrrole nitrogens is 1. The van der Waals surface area contributed by atoms with Crippen molar-refractivity contribution in [2.45, 2.75) is 75.0 Å². The first-order chi connectivity index (χ1) is 20.6. The van der Waals surface area contributed by atoms with Gasteiger partial charge in [-0.25, -0.2) is 4.39 Å². The fourth-order valence-electron chi connectivity index (χ4n) is 6.49. The molecule has 15 heteroatoms. The number of carbonyl (C=O) groups excluding carboxylic acids is 3. The highest BCUT2D eigenvalue weighted by molar-refractivity contribution is 7.51. The molecule has 0 aliphatic carbocycles. The molecule has 0 saturated carbocycles. The molecule has 230 valence electrons. The number of nitrogens with one attached hydrogen (secondary N) is 3. The van der Waals surface area contributed by atoms with E-state index in [1.54, 1.807) is 11.1 Å². The molecule has 3 amide bonds. The predicted molar refractivity (Wildman–Crippen MR) is 158 cm³/mol. The van der Waals surface area contributed by atoms with Gasteiger partial charge in [0.15, 0.2) is 0 Å². The summed E-state index contributed by atoms with van der Waals surface area (Å²) in [4.78, 5) is 63.2. The van der Waals surface area contributed by atoms with Crippen LogP contribution in [0.1, 0.15) is 66.1 Å². The van der Waals surface area contributed by atoms with E-state index in [0.29, 0.717) is 34.3 Å². The lowest BCUT2D eigenvalue weighted by molar-refractivity contribution is -0.142. The Morgan fingerprint density at radius 3 is 2.67 bits per heavy atom. The smallest absolute Gasteiger partial charge is 0.355 e. The maximum atomic E-state index is 14.2. The SMILES string of the molecule is O=C(N[C@H]1CCCC[C@H]2CC[C@@H](C(=O)N[C@@H]3CCN(c4ccn[nH]4)C3)N2C1=O)c1cc2cc(C(F)P(=O)(O)O)ccc2s1. The number of nitrogens with zero attached hydrogens (tertiary/aromatic N) is 3. The van der Waals surface area contributed by atoms with E-state index < -0.39 is 31.5 Å². The summed E-state index contributed by atoms with van der Waals surface area (Å²) in [6.45, 7) is 1.44. The van der Waals surface area contributed by atoms with E-state index in [2.05, 4.69) is 25.7 Å². The van der Waals surface area contributed by atoms with Gasteiger partial charge in [0, 0.05) is 35.9 Å². The Hall–Kier alpha value is -3.32. The zero-order chi connectivity index (χ0) is 30.3. The molecular formula is C28H34FN6O6PS. The predicted octanol–water partition coefficient (Wildman–Crippen LogP) is 3.20. The zero-order valence-electron chi connectivity index (χ0n) is 23.3. The monoisotopic (exact) mass is 632 g/mol. The topological polar surface area (TPSA) is 168 Å². The molecule has 43 heavy (non-hydrogen) atoms. The molecule has 3 aliphatic heterocycles. The largest absolute Gasteiger partial charge is 0.363 e.